The van der Waals surface area contributed by atoms with Crippen molar-refractivity contribution in [2.24, 2.45) is 0 Å². The molecule has 3 aliphatic rings. The fraction of sp³-hybridized carbons (Fsp3) is 0.346. The smallest absolute Gasteiger partial charge is 0.329 e. The highest BCUT2D eigenvalue weighted by molar-refractivity contribution is 6.22. The Balaban J connectivity index is 1.27. The number of carbonyl (C=O) groups is 3. The zero-order valence-corrected chi connectivity index (χ0v) is 18.1. The number of nitrogens with zero attached hydrogens (tertiary/aromatic N) is 2. The molecule has 1 atom stereocenters. The van der Waals surface area contributed by atoms with E-state index in [-0.39, 0.29) is 5.41 Å². The summed E-state index contributed by atoms with van der Waals surface area (Å²) in [6.07, 6.45) is 6.94. The van der Waals surface area contributed by atoms with Gasteiger partial charge in [-0.15, -0.1) is 0 Å². The lowest BCUT2D eigenvalue weighted by atomic mass is 9.74. The number of amides is 2. The SMILES string of the molecule is COC(=O)C(CCN1CCC2(C=Cc3ccccc32)CC1)N1C(=O)c2ccccc2C1=O. The zero-order valence-electron chi connectivity index (χ0n) is 18.1. The fourth-order valence-corrected chi connectivity index (χ4v) is 5.33. The van der Waals surface area contributed by atoms with E-state index in [2.05, 4.69) is 41.3 Å². The van der Waals surface area contributed by atoms with Gasteiger partial charge < -0.3 is 9.64 Å². The Hall–Kier alpha value is -3.25. The van der Waals surface area contributed by atoms with E-state index in [9.17, 15) is 14.4 Å². The van der Waals surface area contributed by atoms with Gasteiger partial charge in [0.05, 0.1) is 18.2 Å². The van der Waals surface area contributed by atoms with Gasteiger partial charge >= 0.3 is 5.97 Å². The molecule has 2 aliphatic heterocycles. The molecule has 6 heteroatoms. The third-order valence-corrected chi connectivity index (χ3v) is 7.16. The average Bonchev–Trinajstić information content (AvgIpc) is 3.31. The molecule has 0 N–H and O–H groups in total. The normalized spacial score (nSPS) is 19.8. The molecule has 0 radical (unpaired) electrons. The van der Waals surface area contributed by atoms with Crippen LogP contribution in [0.3, 0.4) is 0 Å². The molecule has 1 fully saturated rings. The maximum absolute atomic E-state index is 12.9. The molecule has 1 saturated heterocycles. The number of esters is 1. The number of likely N-dealkylation sites (tertiary alicyclic amines) is 1. The van der Waals surface area contributed by atoms with Gasteiger partial charge in [0.2, 0.25) is 0 Å². The van der Waals surface area contributed by atoms with Gasteiger partial charge in [-0.2, -0.15) is 0 Å². The first-order valence-corrected chi connectivity index (χ1v) is 11.1. The van der Waals surface area contributed by atoms with Crippen molar-refractivity contribution in [3.05, 3.63) is 76.9 Å². The molecule has 1 aliphatic carbocycles. The quantitative estimate of drug-likeness (QED) is 0.538. The standard InChI is InChI=1S/C26H26N2O4/c1-32-25(31)22(28-23(29)19-7-3-4-8-20(19)24(28)30)11-15-27-16-13-26(14-17-27)12-10-18-6-2-5-9-21(18)26/h2-10,12,22H,11,13-17H2,1H3. The number of benzene rings is 2. The summed E-state index contributed by atoms with van der Waals surface area (Å²) in [6, 6.07) is 14.3. The number of hydrogen-bond donors (Lipinski definition) is 0. The molecule has 164 valence electrons. The maximum Gasteiger partial charge on any atom is 0.329 e. The summed E-state index contributed by atoms with van der Waals surface area (Å²) in [5.74, 6) is -1.40. The molecule has 2 aromatic carbocycles. The van der Waals surface area contributed by atoms with Gasteiger partial charge in [0.15, 0.2) is 0 Å². The second-order valence-electron chi connectivity index (χ2n) is 8.77. The second-order valence-corrected chi connectivity index (χ2v) is 8.77. The van der Waals surface area contributed by atoms with Crippen LogP contribution in [-0.4, -0.2) is 60.4 Å². The van der Waals surface area contributed by atoms with Gasteiger partial charge in [-0.25, -0.2) is 4.79 Å². The first-order valence-electron chi connectivity index (χ1n) is 11.1. The summed E-state index contributed by atoms with van der Waals surface area (Å²) < 4.78 is 4.96. The number of carbonyl (C=O) groups excluding carboxylic acids is 3. The number of piperidine rings is 1. The van der Waals surface area contributed by atoms with Crippen molar-refractivity contribution >= 4 is 23.9 Å². The van der Waals surface area contributed by atoms with Gasteiger partial charge in [0.1, 0.15) is 6.04 Å². The van der Waals surface area contributed by atoms with Crippen molar-refractivity contribution in [1.82, 2.24) is 9.80 Å². The van der Waals surface area contributed by atoms with Crippen molar-refractivity contribution in [3.63, 3.8) is 0 Å². The number of methoxy groups -OCH3 is 1. The topological polar surface area (TPSA) is 66.9 Å². The molecule has 2 amide bonds. The zero-order chi connectivity index (χ0) is 22.3. The highest BCUT2D eigenvalue weighted by Gasteiger charge is 2.44. The second kappa shape index (κ2) is 8.02. The van der Waals surface area contributed by atoms with E-state index < -0.39 is 23.8 Å². The van der Waals surface area contributed by atoms with Crippen LogP contribution >= 0.6 is 0 Å². The molecule has 32 heavy (non-hydrogen) atoms. The van der Waals surface area contributed by atoms with E-state index in [4.69, 9.17) is 4.74 Å². The minimum atomic E-state index is -0.921. The van der Waals surface area contributed by atoms with Crippen molar-refractivity contribution in [2.45, 2.75) is 30.7 Å². The van der Waals surface area contributed by atoms with Crippen LogP contribution < -0.4 is 0 Å². The van der Waals surface area contributed by atoms with Gasteiger partial charge in [-0.1, -0.05) is 48.6 Å². The van der Waals surface area contributed by atoms with E-state index in [1.807, 2.05) is 0 Å². The third-order valence-electron chi connectivity index (χ3n) is 7.16. The lowest BCUT2D eigenvalue weighted by molar-refractivity contribution is -0.145. The molecule has 2 heterocycles. The molecule has 1 unspecified atom stereocenters. The van der Waals surface area contributed by atoms with Crippen molar-refractivity contribution in [3.8, 4) is 0 Å². The van der Waals surface area contributed by atoms with Crippen LogP contribution in [0.5, 0.6) is 0 Å². The molecular weight excluding hydrogens is 404 g/mol. The first kappa shape index (κ1) is 20.6. The van der Waals surface area contributed by atoms with Crippen molar-refractivity contribution in [1.29, 1.82) is 0 Å². The van der Waals surface area contributed by atoms with Gasteiger partial charge in [0.25, 0.3) is 11.8 Å². The van der Waals surface area contributed by atoms with Crippen LogP contribution in [0.1, 0.15) is 51.1 Å². The molecule has 0 saturated carbocycles. The van der Waals surface area contributed by atoms with E-state index in [0.29, 0.717) is 24.1 Å². The van der Waals surface area contributed by atoms with Gasteiger partial charge in [0, 0.05) is 12.0 Å². The van der Waals surface area contributed by atoms with E-state index >= 15 is 0 Å². The van der Waals surface area contributed by atoms with Crippen LogP contribution in [0.2, 0.25) is 0 Å². The predicted molar refractivity (Wildman–Crippen MR) is 120 cm³/mol. The predicted octanol–water partition coefficient (Wildman–Crippen LogP) is 3.27. The Bertz CT molecular complexity index is 1080. The lowest BCUT2D eigenvalue weighted by Crippen LogP contribution is -2.48. The Morgan fingerprint density at radius 1 is 1.00 bits per heavy atom. The largest absolute Gasteiger partial charge is 0.467 e. The van der Waals surface area contributed by atoms with Crippen LogP contribution in [-0.2, 0) is 14.9 Å². The van der Waals surface area contributed by atoms with Gasteiger partial charge in [-0.05, 0) is 55.6 Å². The number of ether oxygens (including phenoxy) is 1. The number of rotatable bonds is 5. The Morgan fingerprint density at radius 3 is 2.28 bits per heavy atom. The van der Waals surface area contributed by atoms with E-state index in [0.717, 1.165) is 30.8 Å². The Labute approximate surface area is 187 Å². The summed E-state index contributed by atoms with van der Waals surface area (Å²) >= 11 is 0. The monoisotopic (exact) mass is 430 g/mol. The summed E-state index contributed by atoms with van der Waals surface area (Å²) in [7, 11) is 1.29. The number of allylic oxidation sites excluding steroid dienone is 1. The third kappa shape index (κ3) is 3.26. The van der Waals surface area contributed by atoms with Crippen LogP contribution in [0.15, 0.2) is 54.6 Å². The fourth-order valence-electron chi connectivity index (χ4n) is 5.33. The molecule has 1 spiro atoms. The van der Waals surface area contributed by atoms with Gasteiger partial charge in [-0.3, -0.25) is 14.5 Å². The lowest BCUT2D eigenvalue weighted by Gasteiger charge is -2.39. The molecule has 0 bridgehead atoms. The Morgan fingerprint density at radius 2 is 1.62 bits per heavy atom. The summed E-state index contributed by atoms with van der Waals surface area (Å²) in [4.78, 5) is 41.7. The summed E-state index contributed by atoms with van der Waals surface area (Å²) in [5.41, 5.74) is 3.49. The summed E-state index contributed by atoms with van der Waals surface area (Å²) in [5, 5.41) is 0. The Kier molecular flexibility index (Phi) is 5.18. The maximum atomic E-state index is 12.9. The number of hydrogen-bond acceptors (Lipinski definition) is 5. The minimum Gasteiger partial charge on any atom is -0.467 e. The minimum absolute atomic E-state index is 0.0946. The number of fused-ring (bicyclic) bond motifs is 3. The molecule has 6 nitrogen and oxygen atoms in total. The van der Waals surface area contributed by atoms with Crippen molar-refractivity contribution in [2.75, 3.05) is 26.7 Å². The number of imide groups is 1. The summed E-state index contributed by atoms with van der Waals surface area (Å²) in [6.45, 7) is 2.41. The van der Waals surface area contributed by atoms with Crippen LogP contribution in [0.25, 0.3) is 6.08 Å². The highest BCUT2D eigenvalue weighted by Crippen LogP contribution is 2.43. The highest BCUT2D eigenvalue weighted by atomic mass is 16.5. The van der Waals surface area contributed by atoms with E-state index in [1.54, 1.807) is 24.3 Å². The molecule has 0 aromatic heterocycles. The molecule has 2 aromatic rings. The van der Waals surface area contributed by atoms with Crippen molar-refractivity contribution < 1.29 is 19.1 Å². The molecule has 5 rings (SSSR count). The first-order chi connectivity index (χ1) is 15.5. The van der Waals surface area contributed by atoms with Crippen LogP contribution in [0.4, 0.5) is 0 Å². The van der Waals surface area contributed by atoms with E-state index in [1.165, 1.54) is 18.2 Å². The van der Waals surface area contributed by atoms with Crippen LogP contribution in [0, 0.1) is 0 Å². The molecular formula is C26H26N2O4. The average molecular weight is 431 g/mol.